The van der Waals surface area contributed by atoms with Crippen LogP contribution >= 0.6 is 11.6 Å². The van der Waals surface area contributed by atoms with E-state index >= 15 is 0 Å². The predicted molar refractivity (Wildman–Crippen MR) is 101 cm³/mol. The number of H-pyrrole nitrogens is 1. The Kier molecular flexibility index (Phi) is 4.15. The van der Waals surface area contributed by atoms with Gasteiger partial charge < -0.3 is 15.2 Å². The molecule has 3 heterocycles. The molecule has 0 aliphatic carbocycles. The Hall–Kier alpha value is -2.79. The second-order valence-corrected chi connectivity index (χ2v) is 6.30. The lowest BCUT2D eigenvalue weighted by Gasteiger charge is -2.26. The highest BCUT2D eigenvalue weighted by molar-refractivity contribution is 6.32. The summed E-state index contributed by atoms with van der Waals surface area (Å²) in [5.74, 6) is 0. The van der Waals surface area contributed by atoms with Gasteiger partial charge >= 0.3 is 6.03 Å². The van der Waals surface area contributed by atoms with Crippen LogP contribution < -0.4 is 5.32 Å². The van der Waals surface area contributed by atoms with Gasteiger partial charge in [0.2, 0.25) is 0 Å². The van der Waals surface area contributed by atoms with Crippen molar-refractivity contribution in [2.75, 3.05) is 18.4 Å². The molecule has 1 aliphatic rings. The van der Waals surface area contributed by atoms with Crippen molar-refractivity contribution >= 4 is 39.8 Å². The summed E-state index contributed by atoms with van der Waals surface area (Å²) in [5, 5.41) is 4.33. The highest BCUT2D eigenvalue weighted by Crippen LogP contribution is 2.29. The number of carbonyl (C=O) groups is 1. The first-order valence-electron chi connectivity index (χ1n) is 8.14. The van der Waals surface area contributed by atoms with E-state index in [1.165, 1.54) is 16.5 Å². The Labute approximate surface area is 150 Å². The fourth-order valence-corrected chi connectivity index (χ4v) is 3.28. The molecule has 5 nitrogen and oxygen atoms in total. The summed E-state index contributed by atoms with van der Waals surface area (Å²) in [7, 11) is 0. The molecule has 0 spiro atoms. The number of rotatable bonds is 2. The summed E-state index contributed by atoms with van der Waals surface area (Å²) in [6.45, 7) is 1.23. The maximum Gasteiger partial charge on any atom is 0.322 e. The number of hydrogen-bond acceptors (Lipinski definition) is 2. The Balaban J connectivity index is 1.48. The second kappa shape index (κ2) is 6.61. The summed E-state index contributed by atoms with van der Waals surface area (Å²) < 4.78 is 0. The van der Waals surface area contributed by atoms with Crippen molar-refractivity contribution in [2.24, 2.45) is 0 Å². The minimum Gasteiger partial charge on any atom is -0.361 e. The molecular formula is C19H17ClN4O. The molecule has 0 bridgehead atoms. The monoisotopic (exact) mass is 352 g/mol. The van der Waals surface area contributed by atoms with E-state index in [9.17, 15) is 4.79 Å². The third-order valence-electron chi connectivity index (χ3n) is 4.43. The fourth-order valence-electron chi connectivity index (χ4n) is 3.11. The molecule has 0 fully saturated rings. The standard InChI is InChI=1S/C19H17ClN4O/c20-18-17(6-3-9-21-18)23-19(25)24-10-7-13(8-11-24)15-12-22-16-5-2-1-4-14(15)16/h1-7,9,12,22H,8,10-11H2,(H,23,25). The molecule has 0 saturated heterocycles. The molecule has 2 N–H and O–H groups in total. The zero-order chi connectivity index (χ0) is 17.2. The predicted octanol–water partition coefficient (Wildman–Crippen LogP) is 4.54. The van der Waals surface area contributed by atoms with E-state index in [2.05, 4.69) is 33.5 Å². The van der Waals surface area contributed by atoms with Crippen molar-refractivity contribution in [3.05, 3.63) is 65.6 Å². The van der Waals surface area contributed by atoms with Crippen molar-refractivity contribution in [1.29, 1.82) is 0 Å². The molecule has 25 heavy (non-hydrogen) atoms. The molecule has 6 heteroatoms. The molecule has 0 radical (unpaired) electrons. The molecule has 3 aromatic rings. The number of urea groups is 1. The topological polar surface area (TPSA) is 61.0 Å². The lowest BCUT2D eigenvalue weighted by atomic mass is 9.99. The van der Waals surface area contributed by atoms with Crippen LogP contribution in [0.3, 0.4) is 0 Å². The summed E-state index contributed by atoms with van der Waals surface area (Å²) >= 11 is 5.99. The third kappa shape index (κ3) is 3.10. The van der Waals surface area contributed by atoms with Crippen LogP contribution in [0.4, 0.5) is 10.5 Å². The number of fused-ring (bicyclic) bond motifs is 1. The van der Waals surface area contributed by atoms with Gasteiger partial charge in [-0.3, -0.25) is 0 Å². The van der Waals surface area contributed by atoms with Gasteiger partial charge in [-0.1, -0.05) is 35.9 Å². The number of hydrogen-bond donors (Lipinski definition) is 2. The van der Waals surface area contributed by atoms with Crippen LogP contribution in [0.1, 0.15) is 12.0 Å². The Morgan fingerprint density at radius 2 is 2.12 bits per heavy atom. The second-order valence-electron chi connectivity index (χ2n) is 5.95. The zero-order valence-corrected chi connectivity index (χ0v) is 14.3. The van der Waals surface area contributed by atoms with Gasteiger partial charge in [0, 0.05) is 41.9 Å². The van der Waals surface area contributed by atoms with Crippen LogP contribution in [-0.4, -0.2) is 34.0 Å². The maximum absolute atomic E-state index is 12.4. The lowest BCUT2D eigenvalue weighted by molar-refractivity contribution is 0.217. The van der Waals surface area contributed by atoms with Crippen LogP contribution in [0.2, 0.25) is 5.15 Å². The summed E-state index contributed by atoms with van der Waals surface area (Å²) in [5.41, 5.74) is 4.14. The van der Waals surface area contributed by atoms with Crippen LogP contribution in [0.5, 0.6) is 0 Å². The van der Waals surface area contributed by atoms with E-state index < -0.39 is 0 Å². The smallest absolute Gasteiger partial charge is 0.322 e. The third-order valence-corrected chi connectivity index (χ3v) is 4.73. The number of halogens is 1. The Morgan fingerprint density at radius 3 is 2.92 bits per heavy atom. The molecular weight excluding hydrogens is 336 g/mol. The lowest BCUT2D eigenvalue weighted by Crippen LogP contribution is -2.38. The van der Waals surface area contributed by atoms with Crippen molar-refractivity contribution < 1.29 is 4.79 Å². The van der Waals surface area contributed by atoms with Crippen LogP contribution in [0, 0.1) is 0 Å². The van der Waals surface area contributed by atoms with Gasteiger partial charge in [-0.2, -0.15) is 0 Å². The first-order valence-corrected chi connectivity index (χ1v) is 8.52. The van der Waals surface area contributed by atoms with Crippen molar-refractivity contribution in [3.63, 3.8) is 0 Å². The Bertz CT molecular complexity index is 963. The first kappa shape index (κ1) is 15.7. The maximum atomic E-state index is 12.4. The average molecular weight is 353 g/mol. The van der Waals surface area contributed by atoms with Gasteiger partial charge in [-0.05, 0) is 30.2 Å². The van der Waals surface area contributed by atoms with E-state index in [0.717, 1.165) is 11.9 Å². The number of benzene rings is 1. The van der Waals surface area contributed by atoms with Crippen LogP contribution in [0.25, 0.3) is 16.5 Å². The van der Waals surface area contributed by atoms with Crippen LogP contribution in [0.15, 0.2) is 54.9 Å². The number of amides is 2. The van der Waals surface area contributed by atoms with Gasteiger partial charge in [0.25, 0.3) is 0 Å². The largest absolute Gasteiger partial charge is 0.361 e. The van der Waals surface area contributed by atoms with E-state index in [0.29, 0.717) is 23.9 Å². The zero-order valence-electron chi connectivity index (χ0n) is 13.5. The van der Waals surface area contributed by atoms with E-state index in [1.54, 1.807) is 23.2 Å². The van der Waals surface area contributed by atoms with Crippen molar-refractivity contribution in [1.82, 2.24) is 14.9 Å². The minimum atomic E-state index is -0.163. The number of carbonyl (C=O) groups excluding carboxylic acids is 1. The molecule has 4 rings (SSSR count). The van der Waals surface area contributed by atoms with Crippen molar-refractivity contribution in [3.8, 4) is 0 Å². The number of aromatic nitrogens is 2. The van der Waals surface area contributed by atoms with E-state index in [-0.39, 0.29) is 6.03 Å². The van der Waals surface area contributed by atoms with Gasteiger partial charge in [0.15, 0.2) is 5.15 Å². The molecule has 0 unspecified atom stereocenters. The number of pyridine rings is 1. The summed E-state index contributed by atoms with van der Waals surface area (Å²) in [4.78, 5) is 21.5. The van der Waals surface area contributed by atoms with Gasteiger partial charge in [0.1, 0.15) is 0 Å². The summed E-state index contributed by atoms with van der Waals surface area (Å²) in [6.07, 6.45) is 6.57. The molecule has 2 amide bonds. The molecule has 2 aromatic heterocycles. The van der Waals surface area contributed by atoms with E-state index in [1.807, 2.05) is 18.3 Å². The van der Waals surface area contributed by atoms with E-state index in [4.69, 9.17) is 11.6 Å². The molecule has 126 valence electrons. The minimum absolute atomic E-state index is 0.163. The highest BCUT2D eigenvalue weighted by atomic mass is 35.5. The molecule has 1 aromatic carbocycles. The average Bonchev–Trinajstić information content (AvgIpc) is 3.08. The highest BCUT2D eigenvalue weighted by Gasteiger charge is 2.20. The van der Waals surface area contributed by atoms with Gasteiger partial charge in [0.05, 0.1) is 5.69 Å². The number of aromatic amines is 1. The normalized spacial score (nSPS) is 14.4. The SMILES string of the molecule is O=C(Nc1cccnc1Cl)N1CC=C(c2c[nH]c3ccccc23)CC1. The molecule has 0 atom stereocenters. The Morgan fingerprint density at radius 1 is 1.24 bits per heavy atom. The summed E-state index contributed by atoms with van der Waals surface area (Å²) in [6, 6.07) is 11.6. The first-order chi connectivity index (χ1) is 12.2. The quantitative estimate of drug-likeness (QED) is 0.665. The number of para-hydroxylation sites is 1. The number of anilines is 1. The number of nitrogens with zero attached hydrogens (tertiary/aromatic N) is 2. The molecule has 1 aliphatic heterocycles. The van der Waals surface area contributed by atoms with Gasteiger partial charge in [-0.25, -0.2) is 9.78 Å². The number of nitrogens with one attached hydrogen (secondary N) is 2. The molecule has 0 saturated carbocycles. The fraction of sp³-hybridized carbons (Fsp3) is 0.158. The van der Waals surface area contributed by atoms with Crippen molar-refractivity contribution in [2.45, 2.75) is 6.42 Å². The van der Waals surface area contributed by atoms with Gasteiger partial charge in [-0.15, -0.1) is 0 Å². The van der Waals surface area contributed by atoms with Crippen LogP contribution in [-0.2, 0) is 0 Å².